The molecule has 2 N–H and O–H groups in total. The fourth-order valence-electron chi connectivity index (χ4n) is 0.486. The molecule has 0 aromatic rings. The number of hydrazine groups is 1. The van der Waals surface area contributed by atoms with Crippen molar-refractivity contribution >= 4 is 0 Å². The van der Waals surface area contributed by atoms with Crippen LogP contribution >= 0.6 is 0 Å². The van der Waals surface area contributed by atoms with E-state index >= 15 is 0 Å². The van der Waals surface area contributed by atoms with Crippen LogP contribution < -0.4 is 10.9 Å². The number of nitrogens with one attached hydrogen (secondary N) is 2. The highest BCUT2D eigenvalue weighted by atomic mass is 15.3. The predicted molar refractivity (Wildman–Crippen MR) is 36.5 cm³/mol. The average molecular weight is 116 g/mol. The van der Waals surface area contributed by atoms with Gasteiger partial charge < -0.3 is 0 Å². The number of hydrogen-bond donors (Lipinski definition) is 2. The van der Waals surface area contributed by atoms with Gasteiger partial charge in [0.25, 0.3) is 0 Å². The standard InChI is InChI=1S/C6H16N2/c1-6(2)4-5-8-7-3/h6-8H,4-5H2,1-3H3. The molecule has 0 saturated heterocycles. The van der Waals surface area contributed by atoms with E-state index < -0.39 is 0 Å². The molecule has 0 aliphatic carbocycles. The molecule has 0 unspecified atom stereocenters. The molecule has 0 spiro atoms. The summed E-state index contributed by atoms with van der Waals surface area (Å²) in [5, 5.41) is 0. The van der Waals surface area contributed by atoms with E-state index in [0.717, 1.165) is 12.5 Å². The van der Waals surface area contributed by atoms with E-state index in [1.54, 1.807) is 0 Å². The summed E-state index contributed by atoms with van der Waals surface area (Å²) in [6, 6.07) is 0. The van der Waals surface area contributed by atoms with E-state index in [4.69, 9.17) is 0 Å². The van der Waals surface area contributed by atoms with Crippen molar-refractivity contribution in [3.05, 3.63) is 0 Å². The molecule has 2 heteroatoms. The molecule has 0 rings (SSSR count). The average Bonchev–Trinajstić information content (AvgIpc) is 1.66. The van der Waals surface area contributed by atoms with Gasteiger partial charge in [-0.2, -0.15) is 0 Å². The second kappa shape index (κ2) is 5.06. The van der Waals surface area contributed by atoms with Gasteiger partial charge in [-0.15, -0.1) is 0 Å². The van der Waals surface area contributed by atoms with Crippen LogP contribution in [0.1, 0.15) is 20.3 Å². The minimum atomic E-state index is 0.802. The van der Waals surface area contributed by atoms with Crippen molar-refractivity contribution in [2.24, 2.45) is 5.92 Å². The summed E-state index contributed by atoms with van der Waals surface area (Å²) >= 11 is 0. The largest absolute Gasteiger partial charge is 0.261 e. The summed E-state index contributed by atoms with van der Waals surface area (Å²) < 4.78 is 0. The summed E-state index contributed by atoms with van der Waals surface area (Å²) in [6.45, 7) is 5.50. The van der Waals surface area contributed by atoms with Gasteiger partial charge in [0, 0.05) is 6.54 Å². The Morgan fingerprint density at radius 2 is 2.00 bits per heavy atom. The molecule has 0 aliphatic heterocycles. The first-order valence-electron chi connectivity index (χ1n) is 3.17. The van der Waals surface area contributed by atoms with Crippen molar-refractivity contribution < 1.29 is 0 Å². The normalized spacial score (nSPS) is 10.5. The van der Waals surface area contributed by atoms with Gasteiger partial charge in [-0.3, -0.25) is 10.9 Å². The zero-order chi connectivity index (χ0) is 6.41. The molecule has 0 heterocycles. The molecule has 0 aliphatic rings. The Labute approximate surface area is 51.6 Å². The zero-order valence-corrected chi connectivity index (χ0v) is 5.99. The second-order valence-corrected chi connectivity index (χ2v) is 2.36. The van der Waals surface area contributed by atoms with Crippen molar-refractivity contribution in [1.82, 2.24) is 10.9 Å². The Kier molecular flexibility index (Phi) is 5.01. The van der Waals surface area contributed by atoms with Crippen LogP contribution in [0.25, 0.3) is 0 Å². The third-order valence-electron chi connectivity index (χ3n) is 1.02. The predicted octanol–water partition coefficient (Wildman–Crippen LogP) is 0.756. The number of rotatable bonds is 4. The lowest BCUT2D eigenvalue weighted by Crippen LogP contribution is -2.28. The van der Waals surface area contributed by atoms with Gasteiger partial charge in [0.1, 0.15) is 0 Å². The van der Waals surface area contributed by atoms with Crippen molar-refractivity contribution in [3.63, 3.8) is 0 Å². The highest BCUT2D eigenvalue weighted by Gasteiger charge is 1.89. The van der Waals surface area contributed by atoms with Crippen molar-refractivity contribution in [3.8, 4) is 0 Å². The van der Waals surface area contributed by atoms with E-state index in [1.807, 2.05) is 7.05 Å². The summed E-state index contributed by atoms with van der Waals surface area (Å²) in [4.78, 5) is 0. The molecule has 0 saturated carbocycles. The maximum absolute atomic E-state index is 3.03. The Morgan fingerprint density at radius 1 is 1.38 bits per heavy atom. The molecule has 50 valence electrons. The first kappa shape index (κ1) is 7.92. The second-order valence-electron chi connectivity index (χ2n) is 2.36. The summed E-state index contributed by atoms with van der Waals surface area (Å²) in [6.07, 6.45) is 1.24. The zero-order valence-electron chi connectivity index (χ0n) is 5.99. The topological polar surface area (TPSA) is 24.1 Å². The van der Waals surface area contributed by atoms with Crippen LogP contribution in [-0.4, -0.2) is 13.6 Å². The molecule has 0 atom stereocenters. The molecular weight excluding hydrogens is 100 g/mol. The molecule has 0 fully saturated rings. The summed E-state index contributed by atoms with van der Waals surface area (Å²) in [5.74, 6) is 0.802. The molecule has 0 radical (unpaired) electrons. The molecule has 2 nitrogen and oxygen atoms in total. The van der Waals surface area contributed by atoms with Gasteiger partial charge in [-0.25, -0.2) is 0 Å². The minimum absolute atomic E-state index is 0.802. The van der Waals surface area contributed by atoms with Crippen molar-refractivity contribution in [2.45, 2.75) is 20.3 Å². The highest BCUT2D eigenvalue weighted by Crippen LogP contribution is 1.94. The van der Waals surface area contributed by atoms with Crippen LogP contribution in [0.15, 0.2) is 0 Å². The van der Waals surface area contributed by atoms with Gasteiger partial charge in [0.2, 0.25) is 0 Å². The lowest BCUT2D eigenvalue weighted by atomic mass is 10.1. The summed E-state index contributed by atoms with van der Waals surface area (Å²) in [7, 11) is 1.89. The maximum atomic E-state index is 3.03. The van der Waals surface area contributed by atoms with E-state index in [9.17, 15) is 0 Å². The van der Waals surface area contributed by atoms with Crippen molar-refractivity contribution in [1.29, 1.82) is 0 Å². The quantitative estimate of drug-likeness (QED) is 0.418. The smallest absolute Gasteiger partial charge is 0.0102 e. The first-order chi connectivity index (χ1) is 3.77. The molecule has 0 aromatic heterocycles. The Balaban J connectivity index is 2.72. The van der Waals surface area contributed by atoms with Crippen molar-refractivity contribution in [2.75, 3.05) is 13.6 Å². The third-order valence-corrected chi connectivity index (χ3v) is 1.02. The molecule has 0 bridgehead atoms. The molecule has 8 heavy (non-hydrogen) atoms. The van der Waals surface area contributed by atoms with Crippen LogP contribution in [0.5, 0.6) is 0 Å². The fraction of sp³-hybridized carbons (Fsp3) is 1.00. The van der Waals surface area contributed by atoms with E-state index in [2.05, 4.69) is 24.7 Å². The van der Waals surface area contributed by atoms with Crippen LogP contribution in [0.4, 0.5) is 0 Å². The monoisotopic (exact) mass is 116 g/mol. The Hall–Kier alpha value is -0.0800. The first-order valence-corrected chi connectivity index (χ1v) is 3.17. The van der Waals surface area contributed by atoms with Gasteiger partial charge in [0.05, 0.1) is 0 Å². The Morgan fingerprint density at radius 3 is 2.38 bits per heavy atom. The van der Waals surface area contributed by atoms with E-state index in [1.165, 1.54) is 6.42 Å². The van der Waals surface area contributed by atoms with E-state index in [-0.39, 0.29) is 0 Å². The SMILES string of the molecule is CNNCCC(C)C. The molecule has 0 aromatic carbocycles. The van der Waals surface area contributed by atoms with Crippen LogP contribution in [0, 0.1) is 5.92 Å². The minimum Gasteiger partial charge on any atom is -0.261 e. The van der Waals surface area contributed by atoms with Crippen LogP contribution in [0.2, 0.25) is 0 Å². The van der Waals surface area contributed by atoms with Gasteiger partial charge in [0.15, 0.2) is 0 Å². The number of hydrogen-bond acceptors (Lipinski definition) is 2. The van der Waals surface area contributed by atoms with Crippen LogP contribution in [0.3, 0.4) is 0 Å². The lowest BCUT2D eigenvalue weighted by Gasteiger charge is -2.03. The lowest BCUT2D eigenvalue weighted by molar-refractivity contribution is 0.504. The van der Waals surface area contributed by atoms with Gasteiger partial charge in [-0.05, 0) is 19.4 Å². The van der Waals surface area contributed by atoms with Gasteiger partial charge >= 0.3 is 0 Å². The maximum Gasteiger partial charge on any atom is 0.0102 e. The highest BCUT2D eigenvalue weighted by molar-refractivity contribution is 4.45. The fourth-order valence-corrected chi connectivity index (χ4v) is 0.486. The third kappa shape index (κ3) is 5.92. The van der Waals surface area contributed by atoms with Gasteiger partial charge in [-0.1, -0.05) is 13.8 Å². The van der Waals surface area contributed by atoms with E-state index in [0.29, 0.717) is 0 Å². The molecular formula is C6H16N2. The summed E-state index contributed by atoms with van der Waals surface area (Å²) in [5.41, 5.74) is 5.90. The Bertz CT molecular complexity index is 43.8. The van der Waals surface area contributed by atoms with Crippen LogP contribution in [-0.2, 0) is 0 Å². The molecule has 0 amide bonds.